The molecular formula is C27H51N3. The van der Waals surface area contributed by atoms with Crippen LogP contribution in [0.3, 0.4) is 0 Å². The smallest absolute Gasteiger partial charge is 0.00365 e. The lowest BCUT2D eigenvalue weighted by Crippen LogP contribution is -2.21. The molecule has 1 aromatic rings. The van der Waals surface area contributed by atoms with Crippen molar-refractivity contribution in [1.82, 2.24) is 0 Å². The lowest BCUT2D eigenvalue weighted by atomic mass is 9.77. The van der Waals surface area contributed by atoms with Gasteiger partial charge in [0.25, 0.3) is 0 Å². The average Bonchev–Trinajstić information content (AvgIpc) is 2.66. The second-order valence-corrected chi connectivity index (χ2v) is 10.3. The Bertz CT molecular complexity index is 510. The zero-order chi connectivity index (χ0) is 22.7. The highest BCUT2D eigenvalue weighted by molar-refractivity contribution is 5.53. The SMILES string of the molecule is CC(C)CCc1c(CCN)c(CCC(C)C)c(CCN)c(CCC(C)C)c1CCN. The van der Waals surface area contributed by atoms with Gasteiger partial charge in [-0.15, -0.1) is 0 Å². The first-order chi connectivity index (χ1) is 14.3. The van der Waals surface area contributed by atoms with Crippen LogP contribution in [0.2, 0.25) is 0 Å². The minimum atomic E-state index is 0.698. The van der Waals surface area contributed by atoms with Crippen molar-refractivity contribution >= 4 is 0 Å². The molecule has 0 aliphatic carbocycles. The Morgan fingerprint density at radius 3 is 0.767 bits per heavy atom. The molecule has 0 saturated heterocycles. The van der Waals surface area contributed by atoms with E-state index in [2.05, 4.69) is 41.5 Å². The summed E-state index contributed by atoms with van der Waals surface area (Å²) in [5.74, 6) is 2.09. The van der Waals surface area contributed by atoms with E-state index in [1.807, 2.05) is 0 Å². The van der Waals surface area contributed by atoms with Crippen LogP contribution >= 0.6 is 0 Å². The molecule has 0 aliphatic rings. The lowest BCUT2D eigenvalue weighted by Gasteiger charge is -2.28. The molecule has 1 aromatic carbocycles. The molecule has 0 aromatic heterocycles. The zero-order valence-corrected chi connectivity index (χ0v) is 20.9. The van der Waals surface area contributed by atoms with E-state index in [0.717, 1.165) is 38.5 Å². The van der Waals surface area contributed by atoms with Gasteiger partial charge in [-0.3, -0.25) is 0 Å². The Morgan fingerprint density at radius 2 is 0.600 bits per heavy atom. The Hall–Kier alpha value is -0.900. The molecule has 1 rings (SSSR count). The quantitative estimate of drug-likeness (QED) is 0.377. The van der Waals surface area contributed by atoms with Crippen LogP contribution in [-0.4, -0.2) is 19.6 Å². The van der Waals surface area contributed by atoms with Crippen LogP contribution in [0.1, 0.15) is 94.2 Å². The van der Waals surface area contributed by atoms with E-state index in [9.17, 15) is 0 Å². The summed E-state index contributed by atoms with van der Waals surface area (Å²) in [5, 5.41) is 0. The molecule has 6 N–H and O–H groups in total. The molecule has 0 aliphatic heterocycles. The van der Waals surface area contributed by atoms with Crippen LogP contribution in [0.5, 0.6) is 0 Å². The summed E-state index contributed by atoms with van der Waals surface area (Å²) in [6.45, 7) is 16.1. The standard InChI is InChI=1S/C27H51N3/c1-19(2)7-10-22-25(13-16-28)23(11-8-20(3)4)27(15-18-30)24(12-9-21(5)6)26(22)14-17-29/h19-21H,7-18,28-30H2,1-6H3. The van der Waals surface area contributed by atoms with Gasteiger partial charge in [-0.05, 0) is 129 Å². The van der Waals surface area contributed by atoms with E-state index in [4.69, 9.17) is 17.2 Å². The van der Waals surface area contributed by atoms with Crippen molar-refractivity contribution in [3.63, 3.8) is 0 Å². The van der Waals surface area contributed by atoms with E-state index in [-0.39, 0.29) is 0 Å². The fraction of sp³-hybridized carbons (Fsp3) is 0.778. The van der Waals surface area contributed by atoms with E-state index in [0.29, 0.717) is 37.4 Å². The Labute approximate surface area is 187 Å². The predicted molar refractivity (Wildman–Crippen MR) is 134 cm³/mol. The van der Waals surface area contributed by atoms with Gasteiger partial charge in [-0.2, -0.15) is 0 Å². The largest absolute Gasteiger partial charge is 0.330 e. The molecule has 0 saturated carbocycles. The summed E-state index contributed by atoms with van der Waals surface area (Å²) in [6, 6.07) is 0. The minimum Gasteiger partial charge on any atom is -0.330 e. The van der Waals surface area contributed by atoms with Gasteiger partial charge in [0.05, 0.1) is 0 Å². The van der Waals surface area contributed by atoms with Crippen LogP contribution < -0.4 is 17.2 Å². The number of nitrogens with two attached hydrogens (primary N) is 3. The van der Waals surface area contributed by atoms with Crippen molar-refractivity contribution in [1.29, 1.82) is 0 Å². The molecule has 30 heavy (non-hydrogen) atoms. The first-order valence-corrected chi connectivity index (χ1v) is 12.5. The highest BCUT2D eigenvalue weighted by Gasteiger charge is 2.23. The Balaban J connectivity index is 3.77. The van der Waals surface area contributed by atoms with Crippen molar-refractivity contribution in [2.45, 2.75) is 99.3 Å². The first-order valence-electron chi connectivity index (χ1n) is 12.5. The highest BCUT2D eigenvalue weighted by atomic mass is 14.5. The summed E-state index contributed by atoms with van der Waals surface area (Å²) < 4.78 is 0. The van der Waals surface area contributed by atoms with Crippen LogP contribution in [0.4, 0.5) is 0 Å². The summed E-state index contributed by atoms with van der Waals surface area (Å²) in [7, 11) is 0. The lowest BCUT2D eigenvalue weighted by molar-refractivity contribution is 0.565. The third-order valence-electron chi connectivity index (χ3n) is 6.28. The van der Waals surface area contributed by atoms with Crippen LogP contribution in [-0.2, 0) is 38.5 Å². The normalized spacial score (nSPS) is 12.0. The fourth-order valence-corrected chi connectivity index (χ4v) is 4.64. The molecule has 0 heterocycles. The van der Waals surface area contributed by atoms with Gasteiger partial charge in [0.1, 0.15) is 0 Å². The molecule has 3 heteroatoms. The van der Waals surface area contributed by atoms with Crippen LogP contribution in [0.25, 0.3) is 0 Å². The van der Waals surface area contributed by atoms with E-state index in [1.165, 1.54) is 19.3 Å². The topological polar surface area (TPSA) is 78.1 Å². The van der Waals surface area contributed by atoms with Crippen molar-refractivity contribution in [2.24, 2.45) is 35.0 Å². The molecule has 0 unspecified atom stereocenters. The van der Waals surface area contributed by atoms with Crippen molar-refractivity contribution < 1.29 is 0 Å². The summed E-state index contributed by atoms with van der Waals surface area (Å²) in [5.41, 5.74) is 27.8. The number of rotatable bonds is 15. The van der Waals surface area contributed by atoms with Gasteiger partial charge in [0.15, 0.2) is 0 Å². The third kappa shape index (κ3) is 8.32. The average molecular weight is 418 g/mol. The maximum Gasteiger partial charge on any atom is -0.00365 e. The highest BCUT2D eigenvalue weighted by Crippen LogP contribution is 2.34. The molecule has 0 fully saturated rings. The van der Waals surface area contributed by atoms with Gasteiger partial charge in [-0.1, -0.05) is 41.5 Å². The zero-order valence-electron chi connectivity index (χ0n) is 20.9. The number of benzene rings is 1. The predicted octanol–water partition coefficient (Wildman–Crippen LogP) is 4.96. The number of hydrogen-bond acceptors (Lipinski definition) is 3. The van der Waals surface area contributed by atoms with Gasteiger partial charge in [0, 0.05) is 0 Å². The summed E-state index contributed by atoms with van der Waals surface area (Å²) >= 11 is 0. The molecule has 174 valence electrons. The van der Waals surface area contributed by atoms with Crippen molar-refractivity contribution in [3.8, 4) is 0 Å². The second kappa shape index (κ2) is 14.2. The monoisotopic (exact) mass is 417 g/mol. The number of hydrogen-bond donors (Lipinski definition) is 3. The summed E-state index contributed by atoms with van der Waals surface area (Å²) in [6.07, 6.45) is 10.0. The van der Waals surface area contributed by atoms with E-state index in [1.54, 1.807) is 33.4 Å². The second-order valence-electron chi connectivity index (χ2n) is 10.3. The van der Waals surface area contributed by atoms with Crippen molar-refractivity contribution in [2.75, 3.05) is 19.6 Å². The Kier molecular flexibility index (Phi) is 12.9. The fourth-order valence-electron chi connectivity index (χ4n) is 4.64. The van der Waals surface area contributed by atoms with Gasteiger partial charge < -0.3 is 17.2 Å². The molecule has 0 radical (unpaired) electrons. The maximum absolute atomic E-state index is 6.15. The van der Waals surface area contributed by atoms with Crippen LogP contribution in [0, 0.1) is 17.8 Å². The van der Waals surface area contributed by atoms with Crippen LogP contribution in [0.15, 0.2) is 0 Å². The Morgan fingerprint density at radius 1 is 0.400 bits per heavy atom. The molecule has 0 atom stereocenters. The molecular weight excluding hydrogens is 366 g/mol. The van der Waals surface area contributed by atoms with Gasteiger partial charge in [-0.25, -0.2) is 0 Å². The minimum absolute atomic E-state index is 0.698. The third-order valence-corrected chi connectivity index (χ3v) is 6.28. The van der Waals surface area contributed by atoms with Crippen molar-refractivity contribution in [3.05, 3.63) is 33.4 Å². The molecule has 0 spiro atoms. The van der Waals surface area contributed by atoms with E-state index < -0.39 is 0 Å². The molecule has 3 nitrogen and oxygen atoms in total. The van der Waals surface area contributed by atoms with E-state index >= 15 is 0 Å². The molecule has 0 bridgehead atoms. The van der Waals surface area contributed by atoms with Gasteiger partial charge in [0.2, 0.25) is 0 Å². The summed E-state index contributed by atoms with van der Waals surface area (Å²) in [4.78, 5) is 0. The van der Waals surface area contributed by atoms with Gasteiger partial charge >= 0.3 is 0 Å². The first kappa shape index (κ1) is 27.1. The maximum atomic E-state index is 6.15. The molecule has 0 amide bonds.